The number of hydrogen-bond donors (Lipinski definition) is 1. The van der Waals surface area contributed by atoms with E-state index in [2.05, 4.69) is 5.32 Å². The second kappa shape index (κ2) is 7.57. The Morgan fingerprint density at radius 1 is 1.16 bits per heavy atom. The van der Waals surface area contributed by atoms with Gasteiger partial charge in [0.05, 0.1) is 10.5 Å². The Hall–Kier alpha value is -3.22. The molecule has 0 unspecified atom stereocenters. The second-order valence-electron chi connectivity index (χ2n) is 5.66. The number of carbonyl (C=O) groups excluding carboxylic acids is 2. The van der Waals surface area contributed by atoms with Gasteiger partial charge in [-0.25, -0.2) is 4.79 Å². The summed E-state index contributed by atoms with van der Waals surface area (Å²) >= 11 is 0. The summed E-state index contributed by atoms with van der Waals surface area (Å²) in [5.41, 5.74) is 2.18. The maximum absolute atomic E-state index is 12.2. The quantitative estimate of drug-likeness (QED) is 0.510. The number of hydrogen-bond acceptors (Lipinski definition) is 5. The van der Waals surface area contributed by atoms with Crippen molar-refractivity contribution in [2.24, 2.45) is 0 Å². The molecule has 0 aromatic heterocycles. The van der Waals surface area contributed by atoms with E-state index in [0.717, 1.165) is 11.1 Å². The fraction of sp³-hybridized carbons (Fsp3) is 0.222. The summed E-state index contributed by atoms with van der Waals surface area (Å²) in [5.74, 6) is -1.16. The van der Waals surface area contributed by atoms with Crippen LogP contribution in [0, 0.1) is 24.0 Å². The van der Waals surface area contributed by atoms with Crippen molar-refractivity contribution in [3.63, 3.8) is 0 Å². The Labute approximate surface area is 144 Å². The molecule has 2 rings (SSSR count). The molecule has 0 fully saturated rings. The van der Waals surface area contributed by atoms with E-state index in [1.807, 2.05) is 13.0 Å². The van der Waals surface area contributed by atoms with E-state index in [1.54, 1.807) is 19.1 Å². The van der Waals surface area contributed by atoms with Gasteiger partial charge in [-0.15, -0.1) is 0 Å². The van der Waals surface area contributed by atoms with Crippen LogP contribution in [0.4, 0.5) is 11.4 Å². The standard InChI is InChI=1S/C18H18N2O5/c1-11-7-8-12(2)16(9-11)18(22)25-13(3)17(21)19-14-5-4-6-15(10-14)20(23)24/h4-10,13H,1-3H3,(H,19,21)/t13-/m1/s1. The van der Waals surface area contributed by atoms with Gasteiger partial charge in [-0.3, -0.25) is 14.9 Å². The minimum Gasteiger partial charge on any atom is -0.449 e. The molecule has 0 bridgehead atoms. The summed E-state index contributed by atoms with van der Waals surface area (Å²) in [6.07, 6.45) is -1.05. The summed E-state index contributed by atoms with van der Waals surface area (Å²) < 4.78 is 5.20. The molecule has 0 spiro atoms. The van der Waals surface area contributed by atoms with Crippen molar-refractivity contribution in [2.45, 2.75) is 26.9 Å². The molecule has 2 aromatic carbocycles. The van der Waals surface area contributed by atoms with Crippen molar-refractivity contribution in [2.75, 3.05) is 5.32 Å². The van der Waals surface area contributed by atoms with E-state index in [4.69, 9.17) is 4.74 Å². The lowest BCUT2D eigenvalue weighted by molar-refractivity contribution is -0.384. The first-order valence-electron chi connectivity index (χ1n) is 7.61. The number of non-ortho nitro benzene ring substituents is 1. The molecule has 130 valence electrons. The van der Waals surface area contributed by atoms with Gasteiger partial charge in [0, 0.05) is 17.8 Å². The fourth-order valence-corrected chi connectivity index (χ4v) is 2.17. The van der Waals surface area contributed by atoms with Crippen LogP contribution in [0.1, 0.15) is 28.4 Å². The largest absolute Gasteiger partial charge is 0.449 e. The van der Waals surface area contributed by atoms with Gasteiger partial charge in [0.1, 0.15) is 0 Å². The van der Waals surface area contributed by atoms with Gasteiger partial charge in [-0.2, -0.15) is 0 Å². The average Bonchev–Trinajstić information content (AvgIpc) is 2.57. The zero-order valence-electron chi connectivity index (χ0n) is 14.1. The van der Waals surface area contributed by atoms with Crippen LogP contribution < -0.4 is 5.32 Å². The van der Waals surface area contributed by atoms with Gasteiger partial charge in [-0.05, 0) is 38.5 Å². The van der Waals surface area contributed by atoms with Crippen molar-refractivity contribution in [1.82, 2.24) is 0 Å². The Kier molecular flexibility index (Phi) is 5.49. The van der Waals surface area contributed by atoms with Crippen molar-refractivity contribution in [1.29, 1.82) is 0 Å². The number of nitrogens with zero attached hydrogens (tertiary/aromatic N) is 1. The van der Waals surface area contributed by atoms with Gasteiger partial charge in [0.15, 0.2) is 6.10 Å². The van der Waals surface area contributed by atoms with Crippen LogP contribution in [-0.4, -0.2) is 22.9 Å². The van der Waals surface area contributed by atoms with Crippen molar-refractivity contribution >= 4 is 23.3 Å². The molecule has 0 saturated heterocycles. The number of nitro groups is 1. The number of ether oxygens (including phenoxy) is 1. The molecular weight excluding hydrogens is 324 g/mol. The van der Waals surface area contributed by atoms with Crippen LogP contribution in [0.15, 0.2) is 42.5 Å². The number of carbonyl (C=O) groups is 2. The van der Waals surface area contributed by atoms with E-state index >= 15 is 0 Å². The number of benzene rings is 2. The number of anilines is 1. The van der Waals surface area contributed by atoms with Crippen LogP contribution >= 0.6 is 0 Å². The molecule has 1 atom stereocenters. The monoisotopic (exact) mass is 342 g/mol. The molecule has 7 heteroatoms. The van der Waals surface area contributed by atoms with Crippen molar-refractivity contribution in [3.05, 3.63) is 69.3 Å². The van der Waals surface area contributed by atoms with Crippen LogP contribution in [0.5, 0.6) is 0 Å². The summed E-state index contributed by atoms with van der Waals surface area (Å²) in [7, 11) is 0. The van der Waals surface area contributed by atoms with Crippen LogP contribution in [-0.2, 0) is 9.53 Å². The summed E-state index contributed by atoms with van der Waals surface area (Å²) in [6.45, 7) is 5.08. The molecule has 1 N–H and O–H groups in total. The number of nitrogens with one attached hydrogen (secondary N) is 1. The smallest absolute Gasteiger partial charge is 0.339 e. The highest BCUT2D eigenvalue weighted by Gasteiger charge is 2.20. The summed E-state index contributed by atoms with van der Waals surface area (Å²) in [4.78, 5) is 34.6. The molecule has 25 heavy (non-hydrogen) atoms. The van der Waals surface area contributed by atoms with E-state index in [0.29, 0.717) is 5.56 Å². The Morgan fingerprint density at radius 2 is 1.88 bits per heavy atom. The molecule has 0 saturated carbocycles. The highest BCUT2D eigenvalue weighted by Crippen LogP contribution is 2.18. The van der Waals surface area contributed by atoms with Gasteiger partial charge >= 0.3 is 5.97 Å². The van der Waals surface area contributed by atoms with Gasteiger partial charge in [0.25, 0.3) is 11.6 Å². The lowest BCUT2D eigenvalue weighted by atomic mass is 10.1. The number of rotatable bonds is 5. The van der Waals surface area contributed by atoms with Gasteiger partial charge in [-0.1, -0.05) is 23.8 Å². The highest BCUT2D eigenvalue weighted by molar-refractivity contribution is 5.98. The summed E-state index contributed by atoms with van der Waals surface area (Å²) in [5, 5.41) is 13.3. The second-order valence-corrected chi connectivity index (χ2v) is 5.66. The maximum atomic E-state index is 12.2. The molecule has 2 aromatic rings. The van der Waals surface area contributed by atoms with Gasteiger partial charge < -0.3 is 10.1 Å². The lowest BCUT2D eigenvalue weighted by Gasteiger charge is -2.14. The van der Waals surface area contributed by atoms with E-state index in [1.165, 1.54) is 31.2 Å². The summed E-state index contributed by atoms with van der Waals surface area (Å²) in [6, 6.07) is 10.9. The fourth-order valence-electron chi connectivity index (χ4n) is 2.17. The van der Waals surface area contributed by atoms with Crippen LogP contribution in [0.3, 0.4) is 0 Å². The SMILES string of the molecule is Cc1ccc(C)c(C(=O)O[C@H](C)C(=O)Nc2cccc([N+](=O)[O-])c2)c1. The minimum atomic E-state index is -1.05. The van der Waals surface area contributed by atoms with Gasteiger partial charge in [0.2, 0.25) is 0 Å². The molecule has 0 aliphatic rings. The van der Waals surface area contributed by atoms with Crippen molar-refractivity contribution in [3.8, 4) is 0 Å². The third-order valence-electron chi connectivity index (χ3n) is 3.59. The minimum absolute atomic E-state index is 0.141. The number of esters is 1. The third kappa shape index (κ3) is 4.63. The predicted molar refractivity (Wildman–Crippen MR) is 92.5 cm³/mol. The van der Waals surface area contributed by atoms with Crippen molar-refractivity contribution < 1.29 is 19.2 Å². The Morgan fingerprint density at radius 3 is 2.56 bits per heavy atom. The first-order chi connectivity index (χ1) is 11.8. The maximum Gasteiger partial charge on any atom is 0.339 e. The van der Waals surface area contributed by atoms with Crippen LogP contribution in [0.2, 0.25) is 0 Å². The molecule has 1 amide bonds. The lowest BCUT2D eigenvalue weighted by Crippen LogP contribution is -2.30. The van der Waals surface area contributed by atoms with Crippen LogP contribution in [0.25, 0.3) is 0 Å². The normalized spacial score (nSPS) is 11.5. The number of nitro benzene ring substituents is 1. The molecule has 7 nitrogen and oxygen atoms in total. The van der Waals surface area contributed by atoms with E-state index < -0.39 is 22.9 Å². The average molecular weight is 342 g/mol. The zero-order chi connectivity index (χ0) is 18.6. The first-order valence-corrected chi connectivity index (χ1v) is 7.61. The number of amides is 1. The molecule has 0 heterocycles. The Balaban J connectivity index is 2.05. The molecule has 0 aliphatic heterocycles. The molecule has 0 aliphatic carbocycles. The topological polar surface area (TPSA) is 98.5 Å². The zero-order valence-corrected chi connectivity index (χ0v) is 14.1. The van der Waals surface area contributed by atoms with E-state index in [9.17, 15) is 19.7 Å². The molecular formula is C18H18N2O5. The predicted octanol–water partition coefficient (Wildman–Crippen LogP) is 3.40. The Bertz CT molecular complexity index is 832. The molecule has 0 radical (unpaired) electrons. The first kappa shape index (κ1) is 18.1. The number of aryl methyl sites for hydroxylation is 2. The highest BCUT2D eigenvalue weighted by atomic mass is 16.6. The third-order valence-corrected chi connectivity index (χ3v) is 3.59. The van der Waals surface area contributed by atoms with E-state index in [-0.39, 0.29) is 11.4 Å².